The first-order valence-corrected chi connectivity index (χ1v) is 21.1. The fourth-order valence-corrected chi connectivity index (χ4v) is 16.6. The summed E-state index contributed by atoms with van der Waals surface area (Å²) < 4.78 is 8.13. The Balaban J connectivity index is 1.44. The van der Waals surface area contributed by atoms with Crippen molar-refractivity contribution in [3.05, 3.63) is 122 Å². The van der Waals surface area contributed by atoms with Gasteiger partial charge in [0.05, 0.1) is 5.60 Å². The van der Waals surface area contributed by atoms with Crippen molar-refractivity contribution in [3.63, 3.8) is 0 Å². The maximum Gasteiger partial charge on any atom is 0.151 e. The van der Waals surface area contributed by atoms with E-state index in [9.17, 15) is 5.11 Å². The number of ether oxygens (including phenoxy) is 1. The number of rotatable bonds is 0. The van der Waals surface area contributed by atoms with Gasteiger partial charge < -0.3 is 14.9 Å². The standard InChI is InChI=1S/C52H56O3/c1-17-21(5)32-30(14)43-47-46-39(32)35(24(17)8)37-26(10)19(3)23(7)34-31(15)41-29(13)33-22(6)18(2)25(9)36-38-27(11)20(4)28(12)42(49(43,16)53)45(38)50(47,54)48(40(33)36)52(41)51(46,55-52)44(34)37/h31,40-42,45,48,53-54H,1-16H3/t31-,40?,41?,42?,45?,48?,49+,50-,51+,52-/m0/s1. The molecule has 0 aromatic heterocycles. The Kier molecular flexibility index (Phi) is 5.48. The quantitative estimate of drug-likeness (QED) is 0.227. The topological polar surface area (TPSA) is 53.0 Å². The van der Waals surface area contributed by atoms with E-state index in [-0.39, 0.29) is 35.5 Å². The number of epoxide rings is 1. The van der Waals surface area contributed by atoms with Gasteiger partial charge in [-0.2, -0.15) is 0 Å². The van der Waals surface area contributed by atoms with Gasteiger partial charge in [-0.15, -0.1) is 0 Å². The minimum absolute atomic E-state index is 0.00478. The largest absolute Gasteiger partial charge is 0.385 e. The zero-order valence-corrected chi connectivity index (χ0v) is 35.8. The highest BCUT2D eigenvalue weighted by Gasteiger charge is 2.92. The molecule has 2 fully saturated rings. The zero-order valence-electron chi connectivity index (χ0n) is 35.8. The molecule has 1 heterocycles. The zero-order chi connectivity index (χ0) is 39.2. The number of hydrogen-bond acceptors (Lipinski definition) is 3. The summed E-state index contributed by atoms with van der Waals surface area (Å²) in [6.07, 6.45) is 0. The van der Waals surface area contributed by atoms with Gasteiger partial charge in [-0.25, -0.2) is 0 Å². The minimum Gasteiger partial charge on any atom is -0.385 e. The molecular formula is C52H56O3. The van der Waals surface area contributed by atoms with Gasteiger partial charge in [0.25, 0.3) is 0 Å². The molecule has 3 nitrogen and oxygen atoms in total. The van der Waals surface area contributed by atoms with Gasteiger partial charge >= 0.3 is 0 Å². The Morgan fingerprint density at radius 3 is 1.78 bits per heavy atom. The van der Waals surface area contributed by atoms with Crippen LogP contribution < -0.4 is 0 Å². The van der Waals surface area contributed by atoms with Crippen molar-refractivity contribution in [2.45, 2.75) is 139 Å². The molecule has 2 N–H and O–H groups in total. The summed E-state index contributed by atoms with van der Waals surface area (Å²) >= 11 is 0. The van der Waals surface area contributed by atoms with Crippen LogP contribution in [0.3, 0.4) is 0 Å². The van der Waals surface area contributed by atoms with E-state index in [2.05, 4.69) is 111 Å². The van der Waals surface area contributed by atoms with Gasteiger partial charge in [-0.05, 0) is 232 Å². The number of benzene rings is 3. The van der Waals surface area contributed by atoms with Crippen LogP contribution in [0.25, 0.3) is 21.9 Å². The Labute approximate surface area is 327 Å². The Morgan fingerprint density at radius 2 is 1.11 bits per heavy atom. The number of allylic oxidation sites excluding steroid dienone is 7. The van der Waals surface area contributed by atoms with E-state index in [0.29, 0.717) is 0 Å². The van der Waals surface area contributed by atoms with Gasteiger partial charge in [-0.1, -0.05) is 18.1 Å². The molecule has 0 amide bonds. The molecule has 1 saturated carbocycles. The average Bonchev–Trinajstić information content (AvgIpc) is 3.80. The summed E-state index contributed by atoms with van der Waals surface area (Å²) in [5.74, 6) is -0.459. The smallest absolute Gasteiger partial charge is 0.151 e. The lowest BCUT2D eigenvalue weighted by atomic mass is 9.33. The molecule has 0 radical (unpaired) electrons. The first-order chi connectivity index (χ1) is 25.7. The van der Waals surface area contributed by atoms with E-state index in [4.69, 9.17) is 4.74 Å². The Hall–Kier alpha value is -3.50. The molecule has 5 unspecified atom stereocenters. The molecule has 1 aliphatic heterocycles. The molecule has 0 bridgehead atoms. The highest BCUT2D eigenvalue weighted by Crippen LogP contribution is 2.88. The van der Waals surface area contributed by atoms with E-state index < -0.39 is 22.4 Å². The van der Waals surface area contributed by atoms with Crippen LogP contribution in [-0.4, -0.2) is 15.8 Å². The van der Waals surface area contributed by atoms with E-state index in [1.807, 2.05) is 0 Å². The second-order valence-electron chi connectivity index (χ2n) is 20.2. The van der Waals surface area contributed by atoms with E-state index in [1.165, 1.54) is 128 Å². The predicted molar refractivity (Wildman–Crippen MR) is 221 cm³/mol. The third-order valence-electron chi connectivity index (χ3n) is 19.2. The fraction of sp³-hybridized carbons (Fsp3) is 0.500. The number of aliphatic hydroxyl groups is 2. The molecular weight excluding hydrogens is 673 g/mol. The summed E-state index contributed by atoms with van der Waals surface area (Å²) in [6.45, 7) is 37.2. The summed E-state index contributed by atoms with van der Waals surface area (Å²) in [4.78, 5) is 0. The maximum absolute atomic E-state index is 15.0. The van der Waals surface area contributed by atoms with Gasteiger partial charge in [0.2, 0.25) is 0 Å². The molecule has 282 valence electrons. The third-order valence-corrected chi connectivity index (χ3v) is 19.2. The van der Waals surface area contributed by atoms with E-state index in [1.54, 1.807) is 0 Å². The van der Waals surface area contributed by atoms with Crippen molar-refractivity contribution in [2.75, 3.05) is 0 Å². The van der Waals surface area contributed by atoms with Crippen LogP contribution in [0.15, 0.2) is 55.7 Å². The molecule has 9 aliphatic rings. The van der Waals surface area contributed by atoms with Crippen molar-refractivity contribution in [3.8, 4) is 11.1 Å². The minimum atomic E-state index is -1.26. The lowest BCUT2D eigenvalue weighted by Gasteiger charge is -2.69. The van der Waals surface area contributed by atoms with Crippen LogP contribution in [-0.2, 0) is 21.5 Å². The van der Waals surface area contributed by atoms with Crippen LogP contribution in [0.4, 0.5) is 0 Å². The second kappa shape index (κ2) is 8.96. The highest BCUT2D eigenvalue weighted by molar-refractivity contribution is 6.12. The molecule has 2 spiro atoms. The number of fused-ring (bicyclic) bond motifs is 2. The number of aryl methyl sites for hydroxylation is 2. The molecule has 55 heavy (non-hydrogen) atoms. The molecule has 3 aromatic carbocycles. The van der Waals surface area contributed by atoms with E-state index in [0.717, 1.165) is 16.7 Å². The summed E-state index contributed by atoms with van der Waals surface area (Å²) in [5.41, 5.74) is 27.7. The highest BCUT2D eigenvalue weighted by atomic mass is 16.6. The van der Waals surface area contributed by atoms with Crippen molar-refractivity contribution in [1.82, 2.24) is 0 Å². The van der Waals surface area contributed by atoms with Crippen molar-refractivity contribution >= 4 is 10.8 Å². The molecule has 8 aliphatic carbocycles. The van der Waals surface area contributed by atoms with Crippen molar-refractivity contribution < 1.29 is 14.9 Å². The lowest BCUT2D eigenvalue weighted by Crippen LogP contribution is -2.71. The SMILES string of the molecule is CC1=C(C)C2=C(C)C3[C@@H](C)c4c(C)c(C)c(C)c5c4[C@]46O[C@]34C3C2C(=C1C)C1=C(C)C(C)=C(C)C2C1[C@]3(O)c1c(c(C)c3c(C)c(C)c(C)c-5c3c16)[C@]2(C)O. The van der Waals surface area contributed by atoms with Crippen LogP contribution in [0.2, 0.25) is 0 Å². The summed E-state index contributed by atoms with van der Waals surface area (Å²) in [5, 5.41) is 31.3. The monoisotopic (exact) mass is 728 g/mol. The van der Waals surface area contributed by atoms with Crippen LogP contribution in [0, 0.1) is 78.1 Å². The van der Waals surface area contributed by atoms with Crippen LogP contribution in [0.1, 0.15) is 135 Å². The molecule has 3 aromatic rings. The van der Waals surface area contributed by atoms with E-state index >= 15 is 5.11 Å². The first-order valence-electron chi connectivity index (χ1n) is 21.1. The van der Waals surface area contributed by atoms with Crippen LogP contribution in [0.5, 0.6) is 0 Å². The van der Waals surface area contributed by atoms with Crippen molar-refractivity contribution in [1.29, 1.82) is 0 Å². The lowest BCUT2D eigenvalue weighted by molar-refractivity contribution is -0.181. The normalized spacial score (nSPS) is 38.9. The fourth-order valence-electron chi connectivity index (χ4n) is 16.6. The van der Waals surface area contributed by atoms with Crippen molar-refractivity contribution in [2.24, 2.45) is 29.6 Å². The van der Waals surface area contributed by atoms with Gasteiger partial charge in [-0.3, -0.25) is 0 Å². The average molecular weight is 729 g/mol. The Bertz CT molecular complexity index is 2810. The van der Waals surface area contributed by atoms with Gasteiger partial charge in [0, 0.05) is 40.7 Å². The summed E-state index contributed by atoms with van der Waals surface area (Å²) in [6, 6.07) is 0. The third kappa shape index (κ3) is 2.76. The first kappa shape index (κ1) is 33.6. The molecule has 1 saturated heterocycles. The van der Waals surface area contributed by atoms with Gasteiger partial charge in [0.1, 0.15) is 11.2 Å². The van der Waals surface area contributed by atoms with Gasteiger partial charge in [0.15, 0.2) is 5.60 Å². The Morgan fingerprint density at radius 1 is 0.491 bits per heavy atom. The van der Waals surface area contributed by atoms with Crippen LogP contribution >= 0.6 is 0 Å². The predicted octanol–water partition coefficient (Wildman–Crippen LogP) is 11.3. The molecule has 10 atom stereocenters. The second-order valence-corrected chi connectivity index (χ2v) is 20.2. The number of hydrogen-bond donors (Lipinski definition) is 2. The summed E-state index contributed by atoms with van der Waals surface area (Å²) in [7, 11) is 0. The molecule has 3 heteroatoms. The maximum atomic E-state index is 15.0. The molecule has 12 rings (SSSR count).